The minimum absolute atomic E-state index is 0.0874. The minimum Gasteiger partial charge on any atom is -0.465 e. The van der Waals surface area contributed by atoms with Crippen molar-refractivity contribution in [3.63, 3.8) is 0 Å². The molecule has 0 saturated heterocycles. The molecule has 0 unspecified atom stereocenters. The summed E-state index contributed by atoms with van der Waals surface area (Å²) in [4.78, 5) is 15.4. The number of ether oxygens (including phenoxy) is 1. The molecular weight excluding hydrogens is 221 g/mol. The first-order valence-electron chi connectivity index (χ1n) is 5.02. The van der Waals surface area contributed by atoms with Crippen molar-refractivity contribution >= 4 is 5.97 Å². The van der Waals surface area contributed by atoms with Crippen LogP contribution >= 0.6 is 0 Å². The summed E-state index contributed by atoms with van der Waals surface area (Å²) in [5.41, 5.74) is 0.680. The molecule has 1 aromatic carbocycles. The summed E-state index contributed by atoms with van der Waals surface area (Å²) >= 11 is 0. The summed E-state index contributed by atoms with van der Waals surface area (Å²) in [7, 11) is 1.22. The Morgan fingerprint density at radius 2 is 2.06 bits per heavy atom. The Hall–Kier alpha value is -2.23. The first-order chi connectivity index (χ1) is 8.24. The highest BCUT2D eigenvalue weighted by atomic mass is 19.1. The van der Waals surface area contributed by atoms with Crippen LogP contribution in [-0.4, -0.2) is 18.1 Å². The van der Waals surface area contributed by atoms with Gasteiger partial charge in [-0.2, -0.15) is 0 Å². The van der Waals surface area contributed by atoms with E-state index in [9.17, 15) is 9.18 Å². The summed E-state index contributed by atoms with van der Waals surface area (Å²) in [5, 5.41) is 0. The third kappa shape index (κ3) is 2.15. The van der Waals surface area contributed by atoms with Crippen LogP contribution in [0.4, 0.5) is 4.39 Å². The van der Waals surface area contributed by atoms with E-state index in [4.69, 9.17) is 0 Å². The molecule has 4 heteroatoms. The molecule has 0 aliphatic rings. The van der Waals surface area contributed by atoms with Gasteiger partial charge in [0.15, 0.2) is 0 Å². The monoisotopic (exact) mass is 231 g/mol. The summed E-state index contributed by atoms with van der Waals surface area (Å²) in [5.74, 6) is -1.31. The number of aromatic nitrogens is 1. The van der Waals surface area contributed by atoms with Gasteiger partial charge >= 0.3 is 5.97 Å². The van der Waals surface area contributed by atoms with Crippen LogP contribution in [0.2, 0.25) is 0 Å². The molecule has 0 fully saturated rings. The van der Waals surface area contributed by atoms with E-state index in [1.807, 2.05) is 0 Å². The number of esters is 1. The van der Waals surface area contributed by atoms with E-state index in [0.717, 1.165) is 0 Å². The Bertz CT molecular complexity index is 540. The quantitative estimate of drug-likeness (QED) is 0.746. The van der Waals surface area contributed by atoms with Gasteiger partial charge < -0.3 is 4.74 Å². The fraction of sp³-hybridized carbons (Fsp3) is 0.0769. The average molecular weight is 231 g/mol. The number of pyridine rings is 1. The van der Waals surface area contributed by atoms with Crippen molar-refractivity contribution < 1.29 is 13.9 Å². The molecule has 0 bridgehead atoms. The van der Waals surface area contributed by atoms with Gasteiger partial charge in [0.1, 0.15) is 5.82 Å². The normalized spacial score (nSPS) is 10.0. The molecule has 0 amide bonds. The topological polar surface area (TPSA) is 39.2 Å². The highest BCUT2D eigenvalue weighted by Crippen LogP contribution is 2.23. The molecule has 0 atom stereocenters. The van der Waals surface area contributed by atoms with E-state index in [1.165, 1.54) is 13.2 Å². The Balaban J connectivity index is 2.54. The zero-order valence-electron chi connectivity index (χ0n) is 9.18. The number of benzene rings is 1. The van der Waals surface area contributed by atoms with Crippen molar-refractivity contribution in [1.29, 1.82) is 0 Å². The average Bonchev–Trinajstić information content (AvgIpc) is 2.39. The predicted octanol–water partition coefficient (Wildman–Crippen LogP) is 2.67. The van der Waals surface area contributed by atoms with Crippen molar-refractivity contribution in [2.75, 3.05) is 7.11 Å². The number of hydrogen-bond donors (Lipinski definition) is 0. The molecule has 86 valence electrons. The van der Waals surface area contributed by atoms with Gasteiger partial charge in [-0.05, 0) is 24.3 Å². The minimum atomic E-state index is -0.694. The van der Waals surface area contributed by atoms with Gasteiger partial charge in [-0.1, -0.05) is 12.1 Å². The number of methoxy groups -OCH3 is 1. The van der Waals surface area contributed by atoms with E-state index in [0.29, 0.717) is 5.69 Å². The second kappa shape index (κ2) is 4.74. The highest BCUT2D eigenvalue weighted by molar-refractivity contribution is 5.91. The van der Waals surface area contributed by atoms with Crippen molar-refractivity contribution in [3.8, 4) is 11.3 Å². The molecule has 0 radical (unpaired) electrons. The molecule has 0 saturated carbocycles. The fourth-order valence-electron chi connectivity index (χ4n) is 1.52. The van der Waals surface area contributed by atoms with Crippen LogP contribution in [0, 0.1) is 5.82 Å². The zero-order valence-corrected chi connectivity index (χ0v) is 9.18. The smallest absolute Gasteiger partial charge is 0.340 e. The summed E-state index contributed by atoms with van der Waals surface area (Å²) in [6.45, 7) is 0. The summed E-state index contributed by atoms with van der Waals surface area (Å²) < 4.78 is 18.6. The maximum absolute atomic E-state index is 14.1. The molecular formula is C13H10FNO2. The molecule has 17 heavy (non-hydrogen) atoms. The van der Waals surface area contributed by atoms with E-state index in [1.54, 1.807) is 36.5 Å². The van der Waals surface area contributed by atoms with Gasteiger partial charge in [-0.3, -0.25) is 4.98 Å². The Morgan fingerprint density at radius 1 is 1.24 bits per heavy atom. The van der Waals surface area contributed by atoms with Crippen molar-refractivity contribution in [2.24, 2.45) is 0 Å². The highest BCUT2D eigenvalue weighted by Gasteiger charge is 2.16. The molecule has 2 rings (SSSR count). The number of nitrogens with zero attached hydrogens (tertiary/aromatic N) is 1. The fourth-order valence-corrected chi connectivity index (χ4v) is 1.52. The van der Waals surface area contributed by atoms with Crippen molar-refractivity contribution in [2.45, 2.75) is 0 Å². The molecule has 0 N–H and O–H groups in total. The maximum atomic E-state index is 14.1. The maximum Gasteiger partial charge on any atom is 0.340 e. The van der Waals surface area contributed by atoms with Crippen LogP contribution < -0.4 is 0 Å². The lowest BCUT2D eigenvalue weighted by atomic mass is 10.1. The number of carbonyl (C=O) groups is 1. The van der Waals surface area contributed by atoms with Gasteiger partial charge in [0.2, 0.25) is 0 Å². The number of rotatable bonds is 2. The van der Waals surface area contributed by atoms with Crippen LogP contribution in [0.5, 0.6) is 0 Å². The number of halogens is 1. The number of hydrogen-bond acceptors (Lipinski definition) is 3. The second-order valence-electron chi connectivity index (χ2n) is 3.37. The van der Waals surface area contributed by atoms with Crippen molar-refractivity contribution in [1.82, 2.24) is 4.98 Å². The second-order valence-corrected chi connectivity index (χ2v) is 3.37. The lowest BCUT2D eigenvalue weighted by molar-refractivity contribution is 0.0595. The Kier molecular flexibility index (Phi) is 3.14. The van der Waals surface area contributed by atoms with Crippen LogP contribution in [0.3, 0.4) is 0 Å². The number of carbonyl (C=O) groups excluding carboxylic acids is 1. The van der Waals surface area contributed by atoms with E-state index >= 15 is 0 Å². The van der Waals surface area contributed by atoms with E-state index in [-0.39, 0.29) is 11.1 Å². The lowest BCUT2D eigenvalue weighted by Gasteiger charge is -2.06. The molecule has 3 nitrogen and oxygen atoms in total. The molecule has 0 spiro atoms. The SMILES string of the molecule is COC(=O)c1cccc(-c2ccccn2)c1F. The molecule has 1 aromatic heterocycles. The standard InChI is InChI=1S/C13H10FNO2/c1-17-13(16)10-6-4-5-9(12(10)14)11-7-2-3-8-15-11/h2-8H,1H3. The van der Waals surface area contributed by atoms with Crippen LogP contribution in [-0.2, 0) is 4.74 Å². The molecule has 1 heterocycles. The molecule has 0 aliphatic carbocycles. The van der Waals surface area contributed by atoms with E-state index in [2.05, 4.69) is 9.72 Å². The van der Waals surface area contributed by atoms with Crippen LogP contribution in [0.15, 0.2) is 42.6 Å². The van der Waals surface area contributed by atoms with Gasteiger partial charge in [0.25, 0.3) is 0 Å². The van der Waals surface area contributed by atoms with Crippen LogP contribution in [0.1, 0.15) is 10.4 Å². The summed E-state index contributed by atoms with van der Waals surface area (Å²) in [6.07, 6.45) is 1.57. The predicted molar refractivity (Wildman–Crippen MR) is 61.0 cm³/mol. The van der Waals surface area contributed by atoms with Gasteiger partial charge in [-0.25, -0.2) is 9.18 Å². The molecule has 0 aliphatic heterocycles. The first-order valence-corrected chi connectivity index (χ1v) is 5.02. The van der Waals surface area contributed by atoms with Crippen molar-refractivity contribution in [3.05, 3.63) is 54.0 Å². The van der Waals surface area contributed by atoms with Gasteiger partial charge in [-0.15, -0.1) is 0 Å². The Labute approximate surface area is 97.9 Å². The van der Waals surface area contributed by atoms with Crippen LogP contribution in [0.25, 0.3) is 11.3 Å². The van der Waals surface area contributed by atoms with Gasteiger partial charge in [0, 0.05) is 11.8 Å². The zero-order chi connectivity index (χ0) is 12.3. The van der Waals surface area contributed by atoms with Gasteiger partial charge in [0.05, 0.1) is 18.4 Å². The summed E-state index contributed by atoms with van der Waals surface area (Å²) in [6, 6.07) is 9.73. The lowest BCUT2D eigenvalue weighted by Crippen LogP contribution is -2.05. The Morgan fingerprint density at radius 3 is 2.71 bits per heavy atom. The first kappa shape index (κ1) is 11.3. The third-order valence-corrected chi connectivity index (χ3v) is 2.34. The van der Waals surface area contributed by atoms with E-state index < -0.39 is 11.8 Å². The third-order valence-electron chi connectivity index (χ3n) is 2.34. The molecule has 2 aromatic rings. The largest absolute Gasteiger partial charge is 0.465 e.